The molecule has 0 unspecified atom stereocenters. The number of hydrogen-bond acceptors (Lipinski definition) is 5. The van der Waals surface area contributed by atoms with Gasteiger partial charge in [-0.05, 0) is 30.7 Å². The maximum Gasteiger partial charge on any atom is 0.266 e. The minimum Gasteiger partial charge on any atom is -0.369 e. The van der Waals surface area contributed by atoms with Gasteiger partial charge in [0, 0.05) is 18.9 Å². The monoisotopic (exact) mass is 292 g/mol. The second-order valence-electron chi connectivity index (χ2n) is 4.10. The summed E-state index contributed by atoms with van der Waals surface area (Å²) in [5.74, 6) is 0.621. The number of hydrogen-bond donors (Lipinski definition) is 2. The van der Waals surface area contributed by atoms with E-state index in [-0.39, 0.29) is 10.7 Å². The van der Waals surface area contributed by atoms with Gasteiger partial charge >= 0.3 is 0 Å². The van der Waals surface area contributed by atoms with Gasteiger partial charge in [-0.3, -0.25) is 4.72 Å². The van der Waals surface area contributed by atoms with Crippen LogP contribution in [0.25, 0.3) is 0 Å². The molecular weight excluding hydrogens is 276 g/mol. The molecule has 0 atom stereocenters. The van der Waals surface area contributed by atoms with Crippen molar-refractivity contribution in [3.8, 4) is 0 Å². The third-order valence-electron chi connectivity index (χ3n) is 2.51. The molecule has 0 aromatic carbocycles. The van der Waals surface area contributed by atoms with Crippen LogP contribution in [0, 0.1) is 0 Å². The van der Waals surface area contributed by atoms with Crippen molar-refractivity contribution in [1.29, 1.82) is 0 Å². The molecule has 2 heterocycles. The van der Waals surface area contributed by atoms with E-state index in [2.05, 4.69) is 20.0 Å². The van der Waals surface area contributed by atoms with E-state index in [1.165, 1.54) is 12.3 Å². The van der Waals surface area contributed by atoms with Gasteiger partial charge in [0.2, 0.25) is 0 Å². The molecule has 2 rings (SSSR count). The second-order valence-corrected chi connectivity index (χ2v) is 5.75. The first-order chi connectivity index (χ1) is 9.63. The molecule has 0 saturated heterocycles. The van der Waals surface area contributed by atoms with Crippen LogP contribution in [0.2, 0.25) is 0 Å². The van der Waals surface area contributed by atoms with Crippen LogP contribution >= 0.6 is 0 Å². The number of sulfonamides is 1. The Hall–Kier alpha value is -2.15. The van der Waals surface area contributed by atoms with Crippen molar-refractivity contribution in [2.24, 2.45) is 0 Å². The zero-order valence-electron chi connectivity index (χ0n) is 11.1. The van der Waals surface area contributed by atoms with Gasteiger partial charge in [-0.1, -0.05) is 13.0 Å². The van der Waals surface area contributed by atoms with E-state index in [0.717, 1.165) is 6.42 Å². The molecule has 2 aromatic heterocycles. The van der Waals surface area contributed by atoms with Crippen molar-refractivity contribution >= 4 is 21.7 Å². The van der Waals surface area contributed by atoms with Crippen molar-refractivity contribution in [2.75, 3.05) is 16.6 Å². The third-order valence-corrected chi connectivity index (χ3v) is 3.89. The van der Waals surface area contributed by atoms with Gasteiger partial charge in [0.1, 0.15) is 16.5 Å². The zero-order valence-corrected chi connectivity index (χ0v) is 11.9. The molecule has 2 aromatic rings. The summed E-state index contributed by atoms with van der Waals surface area (Å²) in [5, 5.41) is 3.00. The van der Waals surface area contributed by atoms with Crippen LogP contribution in [0.5, 0.6) is 0 Å². The highest BCUT2D eigenvalue weighted by Crippen LogP contribution is 2.20. The Bertz CT molecular complexity index is 659. The SMILES string of the molecule is CCCNc1ncccc1S(=O)(=O)Nc1ccccn1. The zero-order chi connectivity index (χ0) is 14.4. The molecule has 0 aliphatic rings. The lowest BCUT2D eigenvalue weighted by molar-refractivity contribution is 0.601. The van der Waals surface area contributed by atoms with E-state index >= 15 is 0 Å². The van der Waals surface area contributed by atoms with Gasteiger partial charge in [0.05, 0.1) is 0 Å². The Labute approximate surface area is 118 Å². The van der Waals surface area contributed by atoms with Gasteiger partial charge in [0.15, 0.2) is 0 Å². The Morgan fingerprint density at radius 3 is 2.60 bits per heavy atom. The molecular formula is C13H16N4O2S. The molecule has 0 spiro atoms. The molecule has 0 fully saturated rings. The highest BCUT2D eigenvalue weighted by Gasteiger charge is 2.19. The van der Waals surface area contributed by atoms with Gasteiger partial charge < -0.3 is 5.32 Å². The first-order valence-electron chi connectivity index (χ1n) is 6.26. The molecule has 20 heavy (non-hydrogen) atoms. The molecule has 7 heteroatoms. The van der Waals surface area contributed by atoms with Crippen LogP contribution in [-0.2, 0) is 10.0 Å². The average molecular weight is 292 g/mol. The van der Waals surface area contributed by atoms with Crippen molar-refractivity contribution < 1.29 is 8.42 Å². The maximum atomic E-state index is 12.4. The molecule has 6 nitrogen and oxygen atoms in total. The Morgan fingerprint density at radius 1 is 1.10 bits per heavy atom. The average Bonchev–Trinajstić information content (AvgIpc) is 2.46. The van der Waals surface area contributed by atoms with E-state index < -0.39 is 10.0 Å². The normalized spacial score (nSPS) is 11.1. The fourth-order valence-corrected chi connectivity index (χ4v) is 2.74. The highest BCUT2D eigenvalue weighted by atomic mass is 32.2. The van der Waals surface area contributed by atoms with E-state index in [1.54, 1.807) is 30.5 Å². The van der Waals surface area contributed by atoms with Crippen molar-refractivity contribution in [1.82, 2.24) is 9.97 Å². The van der Waals surface area contributed by atoms with Gasteiger partial charge in [-0.15, -0.1) is 0 Å². The highest BCUT2D eigenvalue weighted by molar-refractivity contribution is 7.92. The molecule has 0 amide bonds. The summed E-state index contributed by atoms with van der Waals surface area (Å²) >= 11 is 0. The lowest BCUT2D eigenvalue weighted by Gasteiger charge is -2.11. The van der Waals surface area contributed by atoms with Gasteiger partial charge in [-0.2, -0.15) is 0 Å². The first kappa shape index (κ1) is 14.3. The minimum atomic E-state index is -3.71. The Morgan fingerprint density at radius 2 is 1.90 bits per heavy atom. The fraction of sp³-hybridized carbons (Fsp3) is 0.231. The molecule has 0 aliphatic heterocycles. The molecule has 0 radical (unpaired) electrons. The van der Waals surface area contributed by atoms with Crippen LogP contribution in [0.3, 0.4) is 0 Å². The van der Waals surface area contributed by atoms with Crippen LogP contribution in [-0.4, -0.2) is 24.9 Å². The number of pyridine rings is 2. The summed E-state index contributed by atoms with van der Waals surface area (Å²) in [5.41, 5.74) is 0. The number of rotatable bonds is 6. The van der Waals surface area contributed by atoms with Crippen molar-refractivity contribution in [3.63, 3.8) is 0 Å². The van der Waals surface area contributed by atoms with Gasteiger partial charge in [-0.25, -0.2) is 18.4 Å². The van der Waals surface area contributed by atoms with E-state index in [0.29, 0.717) is 12.4 Å². The predicted molar refractivity (Wildman–Crippen MR) is 78.1 cm³/mol. The molecule has 0 saturated carbocycles. The van der Waals surface area contributed by atoms with Crippen LogP contribution in [0.1, 0.15) is 13.3 Å². The maximum absolute atomic E-state index is 12.4. The quantitative estimate of drug-likeness (QED) is 0.851. The predicted octanol–water partition coefficient (Wildman–Crippen LogP) is 2.10. The largest absolute Gasteiger partial charge is 0.369 e. The van der Waals surface area contributed by atoms with Crippen LogP contribution < -0.4 is 10.0 Å². The van der Waals surface area contributed by atoms with Crippen LogP contribution in [0.15, 0.2) is 47.6 Å². The first-order valence-corrected chi connectivity index (χ1v) is 7.74. The summed E-state index contributed by atoms with van der Waals surface area (Å²) in [6.07, 6.45) is 3.96. The topological polar surface area (TPSA) is 84.0 Å². The van der Waals surface area contributed by atoms with Crippen molar-refractivity contribution in [3.05, 3.63) is 42.7 Å². The van der Waals surface area contributed by atoms with E-state index in [1.807, 2.05) is 6.92 Å². The van der Waals surface area contributed by atoms with E-state index in [4.69, 9.17) is 0 Å². The third kappa shape index (κ3) is 3.45. The lowest BCUT2D eigenvalue weighted by atomic mass is 10.4. The number of aromatic nitrogens is 2. The number of nitrogens with one attached hydrogen (secondary N) is 2. The smallest absolute Gasteiger partial charge is 0.266 e. The summed E-state index contributed by atoms with van der Waals surface area (Å²) in [7, 11) is -3.71. The van der Waals surface area contributed by atoms with Crippen molar-refractivity contribution in [2.45, 2.75) is 18.2 Å². The molecule has 106 valence electrons. The van der Waals surface area contributed by atoms with E-state index in [9.17, 15) is 8.42 Å². The molecule has 0 bridgehead atoms. The second kappa shape index (κ2) is 6.33. The Balaban J connectivity index is 2.30. The molecule has 0 aliphatic carbocycles. The summed E-state index contributed by atoms with van der Waals surface area (Å²) < 4.78 is 27.1. The lowest BCUT2D eigenvalue weighted by Crippen LogP contribution is -2.17. The minimum absolute atomic E-state index is 0.110. The number of nitrogens with zero attached hydrogens (tertiary/aromatic N) is 2. The standard InChI is InChI=1S/C13H16N4O2S/c1-2-8-15-13-11(6-5-10-16-13)20(18,19)17-12-7-3-4-9-14-12/h3-7,9-10H,2,8H2,1H3,(H,14,17)(H,15,16). The Kier molecular flexibility index (Phi) is 4.52. The summed E-state index contributed by atoms with van der Waals surface area (Å²) in [6.45, 7) is 2.65. The fourth-order valence-electron chi connectivity index (χ4n) is 1.60. The summed E-state index contributed by atoms with van der Waals surface area (Å²) in [4.78, 5) is 8.13. The summed E-state index contributed by atoms with van der Waals surface area (Å²) in [6, 6.07) is 8.12. The van der Waals surface area contributed by atoms with Gasteiger partial charge in [0.25, 0.3) is 10.0 Å². The number of anilines is 2. The van der Waals surface area contributed by atoms with Crippen LogP contribution in [0.4, 0.5) is 11.6 Å². The molecule has 2 N–H and O–H groups in total.